The van der Waals surface area contributed by atoms with Crippen molar-refractivity contribution in [3.63, 3.8) is 0 Å². The Bertz CT molecular complexity index is 498. The van der Waals surface area contributed by atoms with Gasteiger partial charge in [0.2, 0.25) is 5.91 Å². The SMILES string of the molecule is CN1CC2(COCC1=O)CN(Cc1cncnc1)CCO2. The van der Waals surface area contributed by atoms with Gasteiger partial charge in [0, 0.05) is 44.6 Å². The summed E-state index contributed by atoms with van der Waals surface area (Å²) in [5.74, 6) is 0.00376. The van der Waals surface area contributed by atoms with Crippen LogP contribution in [0.5, 0.6) is 0 Å². The molecule has 1 amide bonds. The highest BCUT2D eigenvalue weighted by atomic mass is 16.5. The van der Waals surface area contributed by atoms with Crippen molar-refractivity contribution in [2.24, 2.45) is 0 Å². The largest absolute Gasteiger partial charge is 0.369 e. The molecular formula is C14H20N4O3. The fraction of sp³-hybridized carbons (Fsp3) is 0.643. The standard InChI is InChI=1S/C14H20N4O3/c1-17-8-14(10-20-7-13(17)19)9-18(2-3-21-14)6-12-4-15-11-16-5-12/h4-5,11H,2-3,6-10H2,1H3. The molecule has 0 saturated carbocycles. The van der Waals surface area contributed by atoms with Gasteiger partial charge in [0.15, 0.2) is 0 Å². The third-order valence-electron chi connectivity index (χ3n) is 3.89. The highest BCUT2D eigenvalue weighted by Gasteiger charge is 2.41. The lowest BCUT2D eigenvalue weighted by molar-refractivity contribution is -0.143. The van der Waals surface area contributed by atoms with Crippen molar-refractivity contribution in [3.8, 4) is 0 Å². The molecule has 1 aromatic heterocycles. The van der Waals surface area contributed by atoms with E-state index in [0.717, 1.165) is 25.2 Å². The van der Waals surface area contributed by atoms with Gasteiger partial charge in [0.1, 0.15) is 18.5 Å². The summed E-state index contributed by atoms with van der Waals surface area (Å²) in [7, 11) is 1.80. The summed E-state index contributed by atoms with van der Waals surface area (Å²) in [5.41, 5.74) is 0.642. The minimum absolute atomic E-state index is 0.00376. The summed E-state index contributed by atoms with van der Waals surface area (Å²) in [6.45, 7) is 4.16. The second-order valence-corrected chi connectivity index (χ2v) is 5.73. The summed E-state index contributed by atoms with van der Waals surface area (Å²) in [5, 5.41) is 0. The van der Waals surface area contributed by atoms with Gasteiger partial charge in [-0.2, -0.15) is 0 Å². The lowest BCUT2D eigenvalue weighted by Crippen LogP contribution is -2.58. The lowest BCUT2D eigenvalue weighted by Gasteiger charge is -2.42. The molecule has 0 bridgehead atoms. The van der Waals surface area contributed by atoms with E-state index in [4.69, 9.17) is 9.47 Å². The summed E-state index contributed by atoms with van der Waals surface area (Å²) in [4.78, 5) is 23.8. The third kappa shape index (κ3) is 3.37. The van der Waals surface area contributed by atoms with Crippen molar-refractivity contribution < 1.29 is 14.3 Å². The first-order valence-corrected chi connectivity index (χ1v) is 7.09. The van der Waals surface area contributed by atoms with E-state index >= 15 is 0 Å². The van der Waals surface area contributed by atoms with Crippen LogP contribution in [-0.4, -0.2) is 77.8 Å². The fourth-order valence-corrected chi connectivity index (χ4v) is 2.91. The molecule has 0 N–H and O–H groups in total. The van der Waals surface area contributed by atoms with Crippen molar-refractivity contribution >= 4 is 5.91 Å². The first-order chi connectivity index (χ1) is 10.2. The van der Waals surface area contributed by atoms with Gasteiger partial charge in [-0.3, -0.25) is 9.69 Å². The molecule has 1 spiro atoms. The van der Waals surface area contributed by atoms with Crippen LogP contribution in [0.3, 0.4) is 0 Å². The molecule has 2 aliphatic rings. The second-order valence-electron chi connectivity index (χ2n) is 5.73. The number of likely N-dealkylation sites (N-methyl/N-ethyl adjacent to an activating group) is 1. The monoisotopic (exact) mass is 292 g/mol. The van der Waals surface area contributed by atoms with Gasteiger partial charge in [-0.05, 0) is 0 Å². The molecule has 2 saturated heterocycles. The number of carbonyl (C=O) groups excluding carboxylic acids is 1. The van der Waals surface area contributed by atoms with Crippen LogP contribution in [0.2, 0.25) is 0 Å². The zero-order chi connectivity index (χ0) is 14.7. The smallest absolute Gasteiger partial charge is 0.248 e. The second kappa shape index (κ2) is 6.05. The minimum atomic E-state index is -0.436. The van der Waals surface area contributed by atoms with E-state index in [-0.39, 0.29) is 12.5 Å². The molecule has 1 atom stereocenters. The maximum absolute atomic E-state index is 11.7. The van der Waals surface area contributed by atoms with Crippen LogP contribution in [0.25, 0.3) is 0 Å². The average molecular weight is 292 g/mol. The van der Waals surface area contributed by atoms with Crippen LogP contribution >= 0.6 is 0 Å². The number of morpholine rings is 1. The highest BCUT2D eigenvalue weighted by molar-refractivity contribution is 5.77. The fourth-order valence-electron chi connectivity index (χ4n) is 2.91. The topological polar surface area (TPSA) is 67.8 Å². The van der Waals surface area contributed by atoms with Crippen LogP contribution in [-0.2, 0) is 20.8 Å². The molecule has 3 rings (SSSR count). The van der Waals surface area contributed by atoms with Gasteiger partial charge >= 0.3 is 0 Å². The quantitative estimate of drug-likeness (QED) is 0.734. The van der Waals surface area contributed by atoms with E-state index in [0.29, 0.717) is 19.8 Å². The molecule has 0 aromatic carbocycles. The van der Waals surface area contributed by atoms with Crippen molar-refractivity contribution in [2.45, 2.75) is 12.1 Å². The van der Waals surface area contributed by atoms with Crippen molar-refractivity contribution in [1.82, 2.24) is 19.8 Å². The Morgan fingerprint density at radius 2 is 2.14 bits per heavy atom. The predicted molar refractivity (Wildman–Crippen MR) is 74.4 cm³/mol. The van der Waals surface area contributed by atoms with Crippen LogP contribution in [0.1, 0.15) is 5.56 Å². The van der Waals surface area contributed by atoms with Gasteiger partial charge in [-0.1, -0.05) is 0 Å². The Morgan fingerprint density at radius 3 is 2.95 bits per heavy atom. The number of hydrogen-bond donors (Lipinski definition) is 0. The van der Waals surface area contributed by atoms with Gasteiger partial charge in [-0.15, -0.1) is 0 Å². The summed E-state index contributed by atoms with van der Waals surface area (Å²) < 4.78 is 11.5. The molecule has 21 heavy (non-hydrogen) atoms. The molecule has 2 aliphatic heterocycles. The van der Waals surface area contributed by atoms with E-state index in [1.54, 1.807) is 11.9 Å². The zero-order valence-electron chi connectivity index (χ0n) is 12.2. The molecular weight excluding hydrogens is 272 g/mol. The first kappa shape index (κ1) is 14.4. The Hall–Kier alpha value is -1.57. The summed E-state index contributed by atoms with van der Waals surface area (Å²) in [6, 6.07) is 0. The van der Waals surface area contributed by atoms with E-state index in [1.165, 1.54) is 6.33 Å². The molecule has 0 aliphatic carbocycles. The number of hydrogen-bond acceptors (Lipinski definition) is 6. The molecule has 1 unspecified atom stereocenters. The predicted octanol–water partition coefficient (Wildman–Crippen LogP) is -0.464. The Balaban J connectivity index is 1.68. The van der Waals surface area contributed by atoms with E-state index in [1.807, 2.05) is 12.4 Å². The maximum atomic E-state index is 11.7. The Morgan fingerprint density at radius 1 is 1.33 bits per heavy atom. The summed E-state index contributed by atoms with van der Waals surface area (Å²) in [6.07, 6.45) is 5.19. The van der Waals surface area contributed by atoms with Gasteiger partial charge in [0.25, 0.3) is 0 Å². The molecule has 3 heterocycles. The Labute approximate surface area is 123 Å². The van der Waals surface area contributed by atoms with Crippen LogP contribution < -0.4 is 0 Å². The van der Waals surface area contributed by atoms with E-state index < -0.39 is 5.60 Å². The Kier molecular flexibility index (Phi) is 4.14. The molecule has 2 fully saturated rings. The minimum Gasteiger partial charge on any atom is -0.369 e. The maximum Gasteiger partial charge on any atom is 0.248 e. The van der Waals surface area contributed by atoms with Crippen molar-refractivity contribution in [1.29, 1.82) is 0 Å². The van der Waals surface area contributed by atoms with Crippen LogP contribution in [0, 0.1) is 0 Å². The number of carbonyl (C=O) groups is 1. The van der Waals surface area contributed by atoms with Crippen molar-refractivity contribution in [3.05, 3.63) is 24.3 Å². The number of aromatic nitrogens is 2. The van der Waals surface area contributed by atoms with E-state index in [9.17, 15) is 4.79 Å². The lowest BCUT2D eigenvalue weighted by atomic mass is 10.0. The van der Waals surface area contributed by atoms with Crippen molar-refractivity contribution in [2.75, 3.05) is 46.5 Å². The van der Waals surface area contributed by atoms with Gasteiger partial charge in [0.05, 0.1) is 19.8 Å². The number of rotatable bonds is 2. The molecule has 1 aromatic rings. The first-order valence-electron chi connectivity index (χ1n) is 7.09. The normalized spacial score (nSPS) is 27.9. The molecule has 7 heteroatoms. The molecule has 0 radical (unpaired) electrons. The highest BCUT2D eigenvalue weighted by Crippen LogP contribution is 2.23. The number of nitrogens with zero attached hydrogens (tertiary/aromatic N) is 4. The molecule has 114 valence electrons. The zero-order valence-corrected chi connectivity index (χ0v) is 12.2. The summed E-state index contributed by atoms with van der Waals surface area (Å²) >= 11 is 0. The number of ether oxygens (including phenoxy) is 2. The van der Waals surface area contributed by atoms with Crippen LogP contribution in [0.4, 0.5) is 0 Å². The average Bonchev–Trinajstić information content (AvgIpc) is 2.60. The van der Waals surface area contributed by atoms with Crippen LogP contribution in [0.15, 0.2) is 18.7 Å². The van der Waals surface area contributed by atoms with Gasteiger partial charge in [-0.25, -0.2) is 9.97 Å². The van der Waals surface area contributed by atoms with E-state index in [2.05, 4.69) is 14.9 Å². The van der Waals surface area contributed by atoms with Gasteiger partial charge < -0.3 is 14.4 Å². The molecule has 7 nitrogen and oxygen atoms in total. The third-order valence-corrected chi connectivity index (χ3v) is 3.89. The number of amides is 1.